The SMILES string of the molecule is NC(=O)C1CCCCN1C(=O)NC1CCOC1. The Balaban J connectivity index is 1.93. The Bertz CT molecular complexity index is 302. The van der Waals surface area contributed by atoms with E-state index in [0.717, 1.165) is 19.3 Å². The van der Waals surface area contributed by atoms with Gasteiger partial charge in [-0.25, -0.2) is 4.79 Å². The summed E-state index contributed by atoms with van der Waals surface area (Å²) in [4.78, 5) is 24.9. The molecule has 0 spiro atoms. The fourth-order valence-corrected chi connectivity index (χ4v) is 2.38. The molecule has 2 fully saturated rings. The fourth-order valence-electron chi connectivity index (χ4n) is 2.38. The quantitative estimate of drug-likeness (QED) is 0.703. The van der Waals surface area contributed by atoms with Crippen molar-refractivity contribution in [1.29, 1.82) is 0 Å². The largest absolute Gasteiger partial charge is 0.379 e. The minimum atomic E-state index is -0.453. The van der Waals surface area contributed by atoms with Crippen molar-refractivity contribution in [2.45, 2.75) is 37.8 Å². The number of likely N-dealkylation sites (tertiary alicyclic amines) is 1. The number of hydrogen-bond donors (Lipinski definition) is 2. The Morgan fingerprint density at radius 1 is 1.29 bits per heavy atom. The average Bonchev–Trinajstić information content (AvgIpc) is 2.81. The maximum atomic E-state index is 12.0. The molecule has 0 bridgehead atoms. The first-order valence-corrected chi connectivity index (χ1v) is 6.12. The van der Waals surface area contributed by atoms with E-state index in [1.807, 2.05) is 0 Å². The summed E-state index contributed by atoms with van der Waals surface area (Å²) in [5.74, 6) is -0.414. The van der Waals surface area contributed by atoms with Gasteiger partial charge in [0.15, 0.2) is 0 Å². The van der Waals surface area contributed by atoms with Gasteiger partial charge in [-0.05, 0) is 25.7 Å². The highest BCUT2D eigenvalue weighted by atomic mass is 16.5. The van der Waals surface area contributed by atoms with E-state index in [-0.39, 0.29) is 12.1 Å². The Labute approximate surface area is 100 Å². The number of nitrogens with one attached hydrogen (secondary N) is 1. The highest BCUT2D eigenvalue weighted by molar-refractivity contribution is 5.86. The molecular formula is C11H19N3O3. The first-order valence-electron chi connectivity index (χ1n) is 6.12. The second-order valence-electron chi connectivity index (χ2n) is 4.62. The summed E-state index contributed by atoms with van der Waals surface area (Å²) in [6.45, 7) is 1.85. The lowest BCUT2D eigenvalue weighted by atomic mass is 10.0. The molecule has 2 aliphatic heterocycles. The van der Waals surface area contributed by atoms with Crippen LogP contribution in [0, 0.1) is 0 Å². The third-order valence-corrected chi connectivity index (χ3v) is 3.35. The molecule has 2 atom stereocenters. The molecule has 0 aromatic heterocycles. The Hall–Kier alpha value is -1.30. The zero-order chi connectivity index (χ0) is 12.3. The predicted molar refractivity (Wildman–Crippen MR) is 61.3 cm³/mol. The number of rotatable bonds is 2. The van der Waals surface area contributed by atoms with Crippen molar-refractivity contribution in [3.63, 3.8) is 0 Å². The molecule has 2 saturated heterocycles. The fraction of sp³-hybridized carbons (Fsp3) is 0.818. The number of nitrogens with two attached hydrogens (primary N) is 1. The molecule has 2 heterocycles. The van der Waals surface area contributed by atoms with Crippen LogP contribution < -0.4 is 11.1 Å². The maximum Gasteiger partial charge on any atom is 0.318 e. The normalized spacial score (nSPS) is 29.1. The zero-order valence-electron chi connectivity index (χ0n) is 9.85. The van der Waals surface area contributed by atoms with Crippen LogP contribution >= 0.6 is 0 Å². The lowest BCUT2D eigenvalue weighted by Gasteiger charge is -2.34. The molecular weight excluding hydrogens is 222 g/mol. The van der Waals surface area contributed by atoms with Crippen LogP contribution in [0.3, 0.4) is 0 Å². The van der Waals surface area contributed by atoms with Crippen LogP contribution in [0.15, 0.2) is 0 Å². The van der Waals surface area contributed by atoms with Crippen molar-refractivity contribution in [3.05, 3.63) is 0 Å². The van der Waals surface area contributed by atoms with Crippen molar-refractivity contribution >= 4 is 11.9 Å². The monoisotopic (exact) mass is 241 g/mol. The van der Waals surface area contributed by atoms with E-state index in [2.05, 4.69) is 5.32 Å². The Morgan fingerprint density at radius 3 is 2.76 bits per heavy atom. The highest BCUT2D eigenvalue weighted by Crippen LogP contribution is 2.17. The maximum absolute atomic E-state index is 12.0. The summed E-state index contributed by atoms with van der Waals surface area (Å²) >= 11 is 0. The summed E-state index contributed by atoms with van der Waals surface area (Å²) in [6.07, 6.45) is 3.38. The summed E-state index contributed by atoms with van der Waals surface area (Å²) in [5, 5.41) is 2.89. The summed E-state index contributed by atoms with van der Waals surface area (Å²) in [5.41, 5.74) is 5.32. The summed E-state index contributed by atoms with van der Waals surface area (Å²) < 4.78 is 5.19. The molecule has 17 heavy (non-hydrogen) atoms. The standard InChI is InChI=1S/C11H19N3O3/c12-10(15)9-3-1-2-5-14(9)11(16)13-8-4-6-17-7-8/h8-9H,1-7H2,(H2,12,15)(H,13,16). The van der Waals surface area contributed by atoms with Gasteiger partial charge in [0.05, 0.1) is 12.6 Å². The molecule has 3 N–H and O–H groups in total. The molecule has 0 saturated carbocycles. The lowest BCUT2D eigenvalue weighted by Crippen LogP contribution is -2.55. The Kier molecular flexibility index (Phi) is 3.83. The minimum absolute atomic E-state index is 0.0675. The number of piperidine rings is 1. The van der Waals surface area contributed by atoms with Crippen LogP contribution in [0.4, 0.5) is 4.79 Å². The van der Waals surface area contributed by atoms with E-state index in [4.69, 9.17) is 10.5 Å². The second kappa shape index (κ2) is 5.35. The Morgan fingerprint density at radius 2 is 2.12 bits per heavy atom. The smallest absolute Gasteiger partial charge is 0.318 e. The van der Waals surface area contributed by atoms with Gasteiger partial charge in [-0.15, -0.1) is 0 Å². The number of nitrogens with zero attached hydrogens (tertiary/aromatic N) is 1. The van der Waals surface area contributed by atoms with E-state index < -0.39 is 11.9 Å². The topological polar surface area (TPSA) is 84.7 Å². The number of urea groups is 1. The third kappa shape index (κ3) is 2.88. The van der Waals surface area contributed by atoms with Crippen molar-refractivity contribution < 1.29 is 14.3 Å². The van der Waals surface area contributed by atoms with Crippen molar-refractivity contribution in [3.8, 4) is 0 Å². The number of primary amides is 1. The van der Waals surface area contributed by atoms with Gasteiger partial charge in [-0.3, -0.25) is 4.79 Å². The van der Waals surface area contributed by atoms with Crippen LogP contribution in [0.25, 0.3) is 0 Å². The minimum Gasteiger partial charge on any atom is -0.379 e. The van der Waals surface area contributed by atoms with Gasteiger partial charge in [0.1, 0.15) is 6.04 Å². The van der Waals surface area contributed by atoms with E-state index >= 15 is 0 Å². The average molecular weight is 241 g/mol. The van der Waals surface area contributed by atoms with Crippen molar-refractivity contribution in [2.75, 3.05) is 19.8 Å². The van der Waals surface area contributed by atoms with E-state index in [1.54, 1.807) is 4.90 Å². The van der Waals surface area contributed by atoms with Crippen LogP contribution in [0.2, 0.25) is 0 Å². The molecule has 0 aromatic rings. The van der Waals surface area contributed by atoms with Gasteiger partial charge in [0.25, 0.3) is 0 Å². The van der Waals surface area contributed by atoms with Gasteiger partial charge >= 0.3 is 6.03 Å². The number of carbonyl (C=O) groups is 2. The van der Waals surface area contributed by atoms with Crippen molar-refractivity contribution in [2.24, 2.45) is 5.73 Å². The van der Waals surface area contributed by atoms with Gasteiger partial charge in [0, 0.05) is 13.2 Å². The lowest BCUT2D eigenvalue weighted by molar-refractivity contribution is -0.123. The molecule has 6 nitrogen and oxygen atoms in total. The van der Waals surface area contributed by atoms with Crippen LogP contribution in [0.1, 0.15) is 25.7 Å². The van der Waals surface area contributed by atoms with E-state index in [1.165, 1.54) is 0 Å². The second-order valence-corrected chi connectivity index (χ2v) is 4.62. The third-order valence-electron chi connectivity index (χ3n) is 3.35. The first-order chi connectivity index (χ1) is 8.18. The van der Waals surface area contributed by atoms with E-state index in [0.29, 0.717) is 26.2 Å². The molecule has 6 heteroatoms. The highest BCUT2D eigenvalue weighted by Gasteiger charge is 2.31. The molecule has 96 valence electrons. The zero-order valence-corrected chi connectivity index (χ0v) is 9.85. The molecule has 2 aliphatic rings. The number of carbonyl (C=O) groups excluding carboxylic acids is 2. The summed E-state index contributed by atoms with van der Waals surface area (Å²) in [6, 6.07) is -0.576. The summed E-state index contributed by atoms with van der Waals surface area (Å²) in [7, 11) is 0. The van der Waals surface area contributed by atoms with Gasteiger partial charge in [-0.2, -0.15) is 0 Å². The predicted octanol–water partition coefficient (Wildman–Crippen LogP) is -0.175. The van der Waals surface area contributed by atoms with Crippen LogP contribution in [0.5, 0.6) is 0 Å². The number of hydrogen-bond acceptors (Lipinski definition) is 3. The number of ether oxygens (including phenoxy) is 1. The molecule has 2 rings (SSSR count). The molecule has 2 unspecified atom stereocenters. The molecule has 0 aromatic carbocycles. The molecule has 0 aliphatic carbocycles. The van der Waals surface area contributed by atoms with Crippen LogP contribution in [-0.4, -0.2) is 48.7 Å². The van der Waals surface area contributed by atoms with Gasteiger partial charge in [0.2, 0.25) is 5.91 Å². The van der Waals surface area contributed by atoms with Gasteiger partial charge < -0.3 is 20.7 Å². The first kappa shape index (κ1) is 12.2. The number of amides is 3. The van der Waals surface area contributed by atoms with Crippen LogP contribution in [-0.2, 0) is 9.53 Å². The van der Waals surface area contributed by atoms with Crippen molar-refractivity contribution in [1.82, 2.24) is 10.2 Å². The molecule has 3 amide bonds. The molecule has 0 radical (unpaired) electrons. The van der Waals surface area contributed by atoms with Gasteiger partial charge in [-0.1, -0.05) is 0 Å². The van der Waals surface area contributed by atoms with E-state index in [9.17, 15) is 9.59 Å².